The largest absolute Gasteiger partial charge is 0.508 e. The zero-order valence-corrected chi connectivity index (χ0v) is 9.39. The third-order valence-electron chi connectivity index (χ3n) is 2.83. The van der Waals surface area contributed by atoms with Crippen molar-refractivity contribution in [1.29, 1.82) is 0 Å². The SMILES string of the molecule is O=C(O[C@@H]1CCCCC1=O)c1cccc(O)c1. The molecule has 0 unspecified atom stereocenters. The Balaban J connectivity index is 2.03. The van der Waals surface area contributed by atoms with Crippen LogP contribution in [-0.4, -0.2) is 23.0 Å². The molecular weight excluding hydrogens is 220 g/mol. The summed E-state index contributed by atoms with van der Waals surface area (Å²) in [4.78, 5) is 23.2. The fraction of sp³-hybridized carbons (Fsp3) is 0.385. The molecule has 1 aromatic carbocycles. The smallest absolute Gasteiger partial charge is 0.338 e. The maximum absolute atomic E-state index is 11.7. The summed E-state index contributed by atoms with van der Waals surface area (Å²) in [6.07, 6.45) is 2.25. The number of hydrogen-bond donors (Lipinski definition) is 1. The molecule has 0 amide bonds. The molecule has 0 radical (unpaired) electrons. The van der Waals surface area contributed by atoms with E-state index < -0.39 is 12.1 Å². The van der Waals surface area contributed by atoms with Crippen LogP contribution in [0.25, 0.3) is 0 Å². The number of esters is 1. The van der Waals surface area contributed by atoms with Crippen LogP contribution >= 0.6 is 0 Å². The lowest BCUT2D eigenvalue weighted by Gasteiger charge is -2.20. The van der Waals surface area contributed by atoms with Gasteiger partial charge in [0.05, 0.1) is 5.56 Å². The maximum Gasteiger partial charge on any atom is 0.338 e. The molecule has 4 heteroatoms. The second kappa shape index (κ2) is 4.99. The van der Waals surface area contributed by atoms with Crippen molar-refractivity contribution in [2.45, 2.75) is 31.8 Å². The van der Waals surface area contributed by atoms with Crippen LogP contribution < -0.4 is 0 Å². The van der Waals surface area contributed by atoms with Gasteiger partial charge in [-0.15, -0.1) is 0 Å². The number of aromatic hydroxyl groups is 1. The maximum atomic E-state index is 11.7. The number of phenolic OH excluding ortho intramolecular Hbond substituents is 1. The first-order valence-corrected chi connectivity index (χ1v) is 5.69. The Labute approximate surface area is 99.2 Å². The number of Topliss-reactive ketones (excluding diaryl/α,β-unsaturated/α-hetero) is 1. The number of ether oxygens (including phenoxy) is 1. The topological polar surface area (TPSA) is 63.6 Å². The Morgan fingerprint density at radius 3 is 2.88 bits per heavy atom. The molecular formula is C13H14O4. The molecule has 4 nitrogen and oxygen atoms in total. The van der Waals surface area contributed by atoms with Crippen molar-refractivity contribution < 1.29 is 19.4 Å². The summed E-state index contributed by atoms with van der Waals surface area (Å²) in [6, 6.07) is 5.92. The van der Waals surface area contributed by atoms with E-state index in [1.54, 1.807) is 12.1 Å². The first-order valence-electron chi connectivity index (χ1n) is 5.69. The van der Waals surface area contributed by atoms with E-state index in [4.69, 9.17) is 4.74 Å². The minimum absolute atomic E-state index is 0.00872. The first kappa shape index (κ1) is 11.6. The Hall–Kier alpha value is -1.84. The Bertz CT molecular complexity index is 439. The Morgan fingerprint density at radius 1 is 1.35 bits per heavy atom. The highest BCUT2D eigenvalue weighted by Crippen LogP contribution is 2.19. The number of carbonyl (C=O) groups excluding carboxylic acids is 2. The van der Waals surface area contributed by atoms with Crippen LogP contribution in [0.15, 0.2) is 24.3 Å². The first-order chi connectivity index (χ1) is 8.16. The zero-order chi connectivity index (χ0) is 12.3. The average Bonchev–Trinajstić information content (AvgIpc) is 2.32. The van der Waals surface area contributed by atoms with Crippen molar-refractivity contribution in [3.63, 3.8) is 0 Å². The molecule has 0 saturated heterocycles. The Kier molecular flexibility index (Phi) is 3.42. The van der Waals surface area contributed by atoms with Crippen molar-refractivity contribution in [2.75, 3.05) is 0 Å². The van der Waals surface area contributed by atoms with Crippen LogP contribution in [0.2, 0.25) is 0 Å². The number of rotatable bonds is 2. The molecule has 1 fully saturated rings. The van der Waals surface area contributed by atoms with Gasteiger partial charge in [0.25, 0.3) is 0 Å². The van der Waals surface area contributed by atoms with Crippen LogP contribution in [-0.2, 0) is 9.53 Å². The fourth-order valence-corrected chi connectivity index (χ4v) is 1.91. The van der Waals surface area contributed by atoms with E-state index in [0.717, 1.165) is 12.8 Å². The third kappa shape index (κ3) is 2.84. The minimum Gasteiger partial charge on any atom is -0.508 e. The lowest BCUT2D eigenvalue weighted by atomic mass is 9.96. The number of carbonyl (C=O) groups is 2. The second-order valence-electron chi connectivity index (χ2n) is 4.16. The molecule has 1 saturated carbocycles. The van der Waals surface area contributed by atoms with Crippen LogP contribution in [0.3, 0.4) is 0 Å². The molecule has 17 heavy (non-hydrogen) atoms. The molecule has 1 aromatic rings. The van der Waals surface area contributed by atoms with E-state index in [-0.39, 0.29) is 17.1 Å². The lowest BCUT2D eigenvalue weighted by Crippen LogP contribution is -2.30. The van der Waals surface area contributed by atoms with Gasteiger partial charge in [-0.25, -0.2) is 4.79 Å². The summed E-state index contributed by atoms with van der Waals surface area (Å²) in [5.74, 6) is -0.555. The average molecular weight is 234 g/mol. The molecule has 0 spiro atoms. The van der Waals surface area contributed by atoms with Crippen molar-refractivity contribution >= 4 is 11.8 Å². The molecule has 1 N–H and O–H groups in total. The predicted octanol–water partition coefficient (Wildman–Crippen LogP) is 2.06. The van der Waals surface area contributed by atoms with E-state index in [1.807, 2.05) is 0 Å². The number of benzene rings is 1. The van der Waals surface area contributed by atoms with Gasteiger partial charge in [0.1, 0.15) is 5.75 Å². The van der Waals surface area contributed by atoms with Crippen LogP contribution in [0, 0.1) is 0 Å². The van der Waals surface area contributed by atoms with Crippen molar-refractivity contribution in [2.24, 2.45) is 0 Å². The van der Waals surface area contributed by atoms with Gasteiger partial charge in [-0.05, 0) is 37.5 Å². The van der Waals surface area contributed by atoms with E-state index >= 15 is 0 Å². The van der Waals surface area contributed by atoms with Gasteiger partial charge in [-0.1, -0.05) is 6.07 Å². The van der Waals surface area contributed by atoms with Gasteiger partial charge in [-0.3, -0.25) is 4.79 Å². The standard InChI is InChI=1S/C13H14O4/c14-10-5-3-4-9(8-10)13(16)17-12-7-2-1-6-11(12)15/h3-5,8,12,14H,1-2,6-7H2/t12-/m1/s1. The monoisotopic (exact) mass is 234 g/mol. The lowest BCUT2D eigenvalue weighted by molar-refractivity contribution is -0.129. The van der Waals surface area contributed by atoms with E-state index in [0.29, 0.717) is 12.8 Å². The summed E-state index contributed by atoms with van der Waals surface area (Å²) >= 11 is 0. The normalized spacial score (nSPS) is 20.0. The Morgan fingerprint density at radius 2 is 2.18 bits per heavy atom. The highest BCUT2D eigenvalue weighted by Gasteiger charge is 2.26. The van der Waals surface area contributed by atoms with Gasteiger partial charge < -0.3 is 9.84 Å². The molecule has 1 aliphatic carbocycles. The molecule has 1 aliphatic rings. The quantitative estimate of drug-likeness (QED) is 0.795. The van der Waals surface area contributed by atoms with Crippen LogP contribution in [0.5, 0.6) is 5.75 Å². The summed E-state index contributed by atoms with van der Waals surface area (Å²) in [6.45, 7) is 0. The van der Waals surface area contributed by atoms with E-state index in [1.165, 1.54) is 12.1 Å². The van der Waals surface area contributed by atoms with Crippen molar-refractivity contribution in [1.82, 2.24) is 0 Å². The van der Waals surface area contributed by atoms with Gasteiger partial charge in [0.2, 0.25) is 0 Å². The predicted molar refractivity (Wildman–Crippen MR) is 60.8 cm³/mol. The summed E-state index contributed by atoms with van der Waals surface area (Å²) in [7, 11) is 0. The molecule has 0 aromatic heterocycles. The van der Waals surface area contributed by atoms with E-state index in [2.05, 4.69) is 0 Å². The highest BCUT2D eigenvalue weighted by molar-refractivity contribution is 5.93. The van der Waals surface area contributed by atoms with Gasteiger partial charge >= 0.3 is 5.97 Å². The number of ketones is 1. The van der Waals surface area contributed by atoms with Gasteiger partial charge in [-0.2, -0.15) is 0 Å². The van der Waals surface area contributed by atoms with Gasteiger partial charge in [0.15, 0.2) is 11.9 Å². The number of hydrogen-bond acceptors (Lipinski definition) is 4. The molecule has 0 bridgehead atoms. The second-order valence-corrected chi connectivity index (χ2v) is 4.16. The summed E-state index contributed by atoms with van der Waals surface area (Å²) in [5.41, 5.74) is 0.267. The third-order valence-corrected chi connectivity index (χ3v) is 2.83. The molecule has 2 rings (SSSR count). The number of phenols is 1. The molecule has 90 valence electrons. The minimum atomic E-state index is -0.612. The summed E-state index contributed by atoms with van der Waals surface area (Å²) < 4.78 is 5.15. The fourth-order valence-electron chi connectivity index (χ4n) is 1.91. The highest BCUT2D eigenvalue weighted by atomic mass is 16.5. The molecule has 0 aliphatic heterocycles. The van der Waals surface area contributed by atoms with Crippen LogP contribution in [0.1, 0.15) is 36.0 Å². The summed E-state index contributed by atoms with van der Waals surface area (Å²) in [5, 5.41) is 9.25. The molecule has 0 heterocycles. The molecule has 1 atom stereocenters. The van der Waals surface area contributed by atoms with Gasteiger partial charge in [0, 0.05) is 6.42 Å². The van der Waals surface area contributed by atoms with Crippen molar-refractivity contribution in [3.05, 3.63) is 29.8 Å². The zero-order valence-electron chi connectivity index (χ0n) is 9.39. The van der Waals surface area contributed by atoms with Crippen molar-refractivity contribution in [3.8, 4) is 5.75 Å². The van der Waals surface area contributed by atoms with E-state index in [9.17, 15) is 14.7 Å². The van der Waals surface area contributed by atoms with Crippen LogP contribution in [0.4, 0.5) is 0 Å².